The lowest BCUT2D eigenvalue weighted by Gasteiger charge is -2.21. The number of primary amides is 1. The van der Waals surface area contributed by atoms with Crippen LogP contribution in [0.3, 0.4) is 0 Å². The minimum absolute atomic E-state index is 0.0760. The first-order chi connectivity index (χ1) is 15.3. The summed E-state index contributed by atoms with van der Waals surface area (Å²) in [5.41, 5.74) is 4.74. The molecule has 2 unspecified atom stereocenters. The Morgan fingerprint density at radius 3 is 2.25 bits per heavy atom. The summed E-state index contributed by atoms with van der Waals surface area (Å²) in [7, 11) is 2.37. The number of aliphatic hydroxyl groups excluding tert-OH is 1. The number of carbonyl (C=O) groups excluding carboxylic acids is 2. The molecule has 9 nitrogen and oxygen atoms in total. The van der Waals surface area contributed by atoms with Gasteiger partial charge >= 0.3 is 5.97 Å². The van der Waals surface area contributed by atoms with Crippen LogP contribution in [0.15, 0.2) is 42.6 Å². The van der Waals surface area contributed by atoms with Crippen LogP contribution < -0.4 is 15.2 Å². The zero-order valence-corrected chi connectivity index (χ0v) is 19.3. The Bertz CT molecular complexity index is 800. The molecule has 0 aliphatic rings. The van der Waals surface area contributed by atoms with Crippen LogP contribution in [0.2, 0.25) is 0 Å². The Hall–Kier alpha value is -3.33. The van der Waals surface area contributed by atoms with Crippen molar-refractivity contribution in [2.75, 3.05) is 14.2 Å². The molecule has 0 aliphatic carbocycles. The third-order valence-corrected chi connectivity index (χ3v) is 4.06. The minimum atomic E-state index is -0.786. The second-order valence-electron chi connectivity index (χ2n) is 6.43. The molecule has 0 bridgehead atoms. The first-order valence-electron chi connectivity index (χ1n) is 10.2. The molecule has 9 heteroatoms. The van der Waals surface area contributed by atoms with Crippen molar-refractivity contribution >= 4 is 11.9 Å². The van der Waals surface area contributed by atoms with E-state index in [0.717, 1.165) is 25.7 Å². The fourth-order valence-electron chi connectivity index (χ4n) is 2.50. The quantitative estimate of drug-likeness (QED) is 0.495. The molecule has 0 fully saturated rings. The normalized spacial score (nSPS) is 11.4. The number of amides is 1. The van der Waals surface area contributed by atoms with Crippen molar-refractivity contribution in [3.05, 3.63) is 48.3 Å². The van der Waals surface area contributed by atoms with Gasteiger partial charge in [-0.3, -0.25) is 9.59 Å². The van der Waals surface area contributed by atoms with E-state index in [1.807, 2.05) is 37.3 Å². The van der Waals surface area contributed by atoms with Crippen LogP contribution in [0, 0.1) is 0 Å². The number of hydrogen-bond acceptors (Lipinski definition) is 8. The van der Waals surface area contributed by atoms with Gasteiger partial charge in [0.25, 0.3) is 5.91 Å². The highest BCUT2D eigenvalue weighted by Gasteiger charge is 2.16. The third kappa shape index (κ3) is 10.6. The Morgan fingerprint density at radius 1 is 1.12 bits per heavy atom. The van der Waals surface area contributed by atoms with E-state index in [-0.39, 0.29) is 35.4 Å². The summed E-state index contributed by atoms with van der Waals surface area (Å²) in [6.07, 6.45) is 3.33. The van der Waals surface area contributed by atoms with Crippen molar-refractivity contribution in [2.45, 2.75) is 52.2 Å². The zero-order valence-electron chi connectivity index (χ0n) is 19.3. The minimum Gasteiger partial charge on any atom is -0.503 e. The molecule has 2 aromatic rings. The van der Waals surface area contributed by atoms with Crippen molar-refractivity contribution in [3.8, 4) is 17.2 Å². The number of esters is 1. The van der Waals surface area contributed by atoms with Crippen LogP contribution in [0.25, 0.3) is 0 Å². The van der Waals surface area contributed by atoms with Gasteiger partial charge in [0.1, 0.15) is 18.0 Å². The second kappa shape index (κ2) is 16.4. The van der Waals surface area contributed by atoms with Gasteiger partial charge in [0.2, 0.25) is 0 Å². The SMILES string of the molecule is CCC(=O)OC(C)CC(CC)Oc1ccccc1.CO.COc1ccnc(C(N)=O)c1O. The summed E-state index contributed by atoms with van der Waals surface area (Å²) in [5.74, 6) is -0.229. The van der Waals surface area contributed by atoms with Gasteiger partial charge in [0.05, 0.1) is 7.11 Å². The van der Waals surface area contributed by atoms with E-state index >= 15 is 0 Å². The fourth-order valence-corrected chi connectivity index (χ4v) is 2.50. The molecule has 178 valence electrons. The van der Waals surface area contributed by atoms with Crippen molar-refractivity contribution in [1.82, 2.24) is 4.98 Å². The molecule has 4 N–H and O–H groups in total. The molecule has 1 aromatic carbocycles. The molecule has 2 rings (SSSR count). The number of hydrogen-bond donors (Lipinski definition) is 3. The highest BCUT2D eigenvalue weighted by molar-refractivity contribution is 5.94. The van der Waals surface area contributed by atoms with E-state index in [2.05, 4.69) is 11.9 Å². The van der Waals surface area contributed by atoms with Crippen molar-refractivity contribution in [3.63, 3.8) is 0 Å². The molecule has 1 amide bonds. The first-order valence-corrected chi connectivity index (χ1v) is 10.2. The first kappa shape index (κ1) is 28.7. The molecule has 0 saturated carbocycles. The summed E-state index contributed by atoms with van der Waals surface area (Å²) >= 11 is 0. The maximum Gasteiger partial charge on any atom is 0.305 e. The lowest BCUT2D eigenvalue weighted by Crippen LogP contribution is -2.24. The lowest BCUT2D eigenvalue weighted by atomic mass is 10.1. The number of nitrogens with two attached hydrogens (primary N) is 1. The fraction of sp³-hybridized carbons (Fsp3) is 0.435. The van der Waals surface area contributed by atoms with E-state index < -0.39 is 5.91 Å². The van der Waals surface area contributed by atoms with Crippen molar-refractivity contribution in [2.24, 2.45) is 5.73 Å². The molecule has 0 spiro atoms. The van der Waals surface area contributed by atoms with E-state index in [0.29, 0.717) is 6.42 Å². The predicted octanol–water partition coefficient (Wildman–Crippen LogP) is 3.08. The van der Waals surface area contributed by atoms with E-state index in [1.54, 1.807) is 6.92 Å². The van der Waals surface area contributed by atoms with Gasteiger partial charge in [-0.25, -0.2) is 4.98 Å². The van der Waals surface area contributed by atoms with Gasteiger partial charge in [-0.1, -0.05) is 32.0 Å². The molecule has 32 heavy (non-hydrogen) atoms. The van der Waals surface area contributed by atoms with Crippen LogP contribution in [0.5, 0.6) is 17.2 Å². The number of rotatable bonds is 9. The Labute approximate surface area is 189 Å². The van der Waals surface area contributed by atoms with Crippen LogP contribution >= 0.6 is 0 Å². The number of methoxy groups -OCH3 is 1. The highest BCUT2D eigenvalue weighted by Crippen LogP contribution is 2.26. The van der Waals surface area contributed by atoms with E-state index in [9.17, 15) is 14.7 Å². The summed E-state index contributed by atoms with van der Waals surface area (Å²) in [6, 6.07) is 11.2. The number of aromatic nitrogens is 1. The monoisotopic (exact) mass is 450 g/mol. The standard InChI is InChI=1S/C15H22O3.C7H8N2O3.CH4O/c1-4-13(11-12(3)17-15(16)5-2)18-14-9-7-6-8-10-14;1-12-4-2-3-9-5(6(4)10)7(8)11;1-2/h6-10,12-13H,4-5,11H2,1-3H3;2-3,10H,1H3,(H2,8,11);2H,1H3. The molecule has 1 aromatic heterocycles. The molecular formula is C23H34N2O7. The van der Waals surface area contributed by atoms with Gasteiger partial charge in [-0.15, -0.1) is 0 Å². The van der Waals surface area contributed by atoms with Crippen molar-refractivity contribution < 1.29 is 34.0 Å². The topological polar surface area (TPSA) is 141 Å². The second-order valence-corrected chi connectivity index (χ2v) is 6.43. The number of benzene rings is 1. The number of carbonyl (C=O) groups is 2. The highest BCUT2D eigenvalue weighted by atomic mass is 16.5. The van der Waals surface area contributed by atoms with Crippen LogP contribution in [-0.2, 0) is 9.53 Å². The van der Waals surface area contributed by atoms with Crippen LogP contribution in [0.1, 0.15) is 50.5 Å². The molecule has 1 heterocycles. The third-order valence-electron chi connectivity index (χ3n) is 4.06. The summed E-state index contributed by atoms with van der Waals surface area (Å²) in [4.78, 5) is 25.4. The molecule has 2 atom stereocenters. The van der Waals surface area contributed by atoms with Gasteiger partial charge in [0, 0.05) is 32.2 Å². The molecule has 0 saturated heterocycles. The Kier molecular flexibility index (Phi) is 14.7. The maximum atomic E-state index is 11.2. The largest absolute Gasteiger partial charge is 0.503 e. The number of aromatic hydroxyl groups is 1. The van der Waals surface area contributed by atoms with Gasteiger partial charge in [-0.05, 0) is 25.5 Å². The maximum absolute atomic E-state index is 11.2. The number of para-hydroxylation sites is 1. The molecule has 0 radical (unpaired) electrons. The van der Waals surface area contributed by atoms with Crippen molar-refractivity contribution in [1.29, 1.82) is 0 Å². The summed E-state index contributed by atoms with van der Waals surface area (Å²) < 4.78 is 15.8. The average Bonchev–Trinajstić information content (AvgIpc) is 2.80. The number of nitrogens with zero attached hydrogens (tertiary/aromatic N) is 1. The zero-order chi connectivity index (χ0) is 24.5. The van der Waals surface area contributed by atoms with Crippen LogP contribution in [-0.4, -0.2) is 53.5 Å². The average molecular weight is 451 g/mol. The predicted molar refractivity (Wildman–Crippen MR) is 121 cm³/mol. The molecular weight excluding hydrogens is 416 g/mol. The molecule has 0 aliphatic heterocycles. The smallest absolute Gasteiger partial charge is 0.305 e. The van der Waals surface area contributed by atoms with E-state index in [4.69, 9.17) is 25.1 Å². The summed E-state index contributed by atoms with van der Waals surface area (Å²) in [6.45, 7) is 5.78. The van der Waals surface area contributed by atoms with Gasteiger partial charge < -0.3 is 30.2 Å². The van der Waals surface area contributed by atoms with Gasteiger partial charge in [0.15, 0.2) is 17.2 Å². The number of aliphatic hydroxyl groups is 1. The van der Waals surface area contributed by atoms with E-state index in [1.165, 1.54) is 19.4 Å². The number of ether oxygens (including phenoxy) is 3. The van der Waals surface area contributed by atoms with Crippen LogP contribution in [0.4, 0.5) is 0 Å². The lowest BCUT2D eigenvalue weighted by molar-refractivity contribution is -0.148. The number of pyridine rings is 1. The Morgan fingerprint density at radius 2 is 1.75 bits per heavy atom. The Balaban J connectivity index is 0.000000595. The summed E-state index contributed by atoms with van der Waals surface area (Å²) in [5, 5.41) is 16.3. The van der Waals surface area contributed by atoms with Gasteiger partial charge in [-0.2, -0.15) is 0 Å².